The zero-order valence-electron chi connectivity index (χ0n) is 14.1. The van der Waals surface area contributed by atoms with E-state index in [9.17, 15) is 4.79 Å². The molecule has 3 nitrogen and oxygen atoms in total. The fourth-order valence-corrected chi connectivity index (χ4v) is 2.59. The monoisotopic (exact) mass is 328 g/mol. The van der Waals surface area contributed by atoms with Gasteiger partial charge in [-0.25, -0.2) is 5.43 Å². The van der Waals surface area contributed by atoms with E-state index in [2.05, 4.69) is 10.5 Å². The highest BCUT2D eigenvalue weighted by Crippen LogP contribution is 2.19. The lowest BCUT2D eigenvalue weighted by molar-refractivity contribution is 0.0954. The quantitative estimate of drug-likeness (QED) is 0.535. The van der Waals surface area contributed by atoms with Gasteiger partial charge < -0.3 is 0 Å². The summed E-state index contributed by atoms with van der Waals surface area (Å²) >= 11 is 0. The molecule has 0 heterocycles. The molecule has 0 aliphatic heterocycles. The lowest BCUT2D eigenvalue weighted by Gasteiger charge is -2.05. The zero-order valence-corrected chi connectivity index (χ0v) is 14.1. The zero-order chi connectivity index (χ0) is 17.5. The Hall–Kier alpha value is -3.20. The maximum absolute atomic E-state index is 12.2. The molecular weight excluding hydrogens is 308 g/mol. The van der Waals surface area contributed by atoms with Gasteiger partial charge in [-0.15, -0.1) is 0 Å². The van der Waals surface area contributed by atoms with Crippen LogP contribution in [-0.2, 0) is 6.42 Å². The van der Waals surface area contributed by atoms with Gasteiger partial charge in [0.05, 0.1) is 0 Å². The maximum Gasteiger partial charge on any atom is 0.271 e. The van der Waals surface area contributed by atoms with Gasteiger partial charge in [0, 0.05) is 17.7 Å². The number of benzene rings is 3. The highest BCUT2D eigenvalue weighted by molar-refractivity contribution is 5.95. The van der Waals surface area contributed by atoms with E-state index in [0.29, 0.717) is 12.0 Å². The molecular formula is C22H20N2O. The Morgan fingerprint density at radius 1 is 0.800 bits per heavy atom. The second kappa shape index (κ2) is 8.06. The predicted molar refractivity (Wildman–Crippen MR) is 103 cm³/mol. The lowest BCUT2D eigenvalue weighted by Crippen LogP contribution is -2.19. The third-order valence-corrected chi connectivity index (χ3v) is 3.91. The van der Waals surface area contributed by atoms with E-state index in [-0.39, 0.29) is 5.91 Å². The van der Waals surface area contributed by atoms with Crippen LogP contribution >= 0.6 is 0 Å². The number of rotatable bonds is 5. The molecule has 0 fully saturated rings. The van der Waals surface area contributed by atoms with Crippen LogP contribution < -0.4 is 5.43 Å². The summed E-state index contributed by atoms with van der Waals surface area (Å²) in [5.74, 6) is -0.202. The van der Waals surface area contributed by atoms with Crippen molar-refractivity contribution in [3.63, 3.8) is 0 Å². The summed E-state index contributed by atoms with van der Waals surface area (Å²) in [5, 5.41) is 4.19. The normalized spacial score (nSPS) is 11.2. The largest absolute Gasteiger partial charge is 0.271 e. The number of nitrogens with zero attached hydrogens (tertiary/aromatic N) is 1. The molecule has 0 atom stereocenters. The fourth-order valence-electron chi connectivity index (χ4n) is 2.59. The second-order valence-corrected chi connectivity index (χ2v) is 5.89. The van der Waals surface area contributed by atoms with E-state index >= 15 is 0 Å². The molecule has 3 aromatic carbocycles. The highest BCUT2D eigenvalue weighted by atomic mass is 16.2. The van der Waals surface area contributed by atoms with Gasteiger partial charge in [-0.05, 0) is 35.7 Å². The van der Waals surface area contributed by atoms with Crippen LogP contribution in [0, 0.1) is 0 Å². The minimum atomic E-state index is -0.202. The van der Waals surface area contributed by atoms with Crippen LogP contribution in [0.3, 0.4) is 0 Å². The van der Waals surface area contributed by atoms with E-state index < -0.39 is 0 Å². The Kier molecular flexibility index (Phi) is 5.37. The number of carbonyl (C=O) groups excluding carboxylic acids is 1. The molecule has 0 aliphatic rings. The molecule has 0 spiro atoms. The summed E-state index contributed by atoms with van der Waals surface area (Å²) in [5.41, 5.74) is 7.47. The third kappa shape index (κ3) is 4.64. The summed E-state index contributed by atoms with van der Waals surface area (Å²) in [4.78, 5) is 12.2. The average molecular weight is 328 g/mol. The SMILES string of the molecule is CC(Cc1ccccc1)=NNC(=O)c1ccc(-c2ccccc2)cc1. The van der Waals surface area contributed by atoms with Crippen molar-refractivity contribution in [3.8, 4) is 11.1 Å². The maximum atomic E-state index is 12.2. The Morgan fingerprint density at radius 2 is 1.36 bits per heavy atom. The standard InChI is InChI=1S/C22H20N2O/c1-17(16-18-8-4-2-5-9-18)23-24-22(25)21-14-12-20(13-15-21)19-10-6-3-7-11-19/h2-15H,16H2,1H3,(H,24,25). The summed E-state index contributed by atoms with van der Waals surface area (Å²) in [6.45, 7) is 1.91. The van der Waals surface area contributed by atoms with Crippen LogP contribution in [-0.4, -0.2) is 11.6 Å². The van der Waals surface area contributed by atoms with Crippen molar-refractivity contribution in [3.05, 3.63) is 96.1 Å². The fraction of sp³-hybridized carbons (Fsp3) is 0.0909. The van der Waals surface area contributed by atoms with Crippen LogP contribution in [0.5, 0.6) is 0 Å². The Morgan fingerprint density at radius 3 is 2.00 bits per heavy atom. The Balaban J connectivity index is 1.62. The van der Waals surface area contributed by atoms with Crippen LogP contribution in [0.2, 0.25) is 0 Å². The van der Waals surface area contributed by atoms with Gasteiger partial charge in [0.2, 0.25) is 0 Å². The molecule has 124 valence electrons. The topological polar surface area (TPSA) is 41.5 Å². The Bertz CT molecular complexity index is 854. The minimum Gasteiger partial charge on any atom is -0.267 e. The number of hydrogen-bond donors (Lipinski definition) is 1. The molecule has 1 N–H and O–H groups in total. The van der Waals surface area contributed by atoms with Gasteiger partial charge in [-0.2, -0.15) is 5.10 Å². The number of hydrogen-bond acceptors (Lipinski definition) is 2. The first-order valence-corrected chi connectivity index (χ1v) is 8.25. The summed E-state index contributed by atoms with van der Waals surface area (Å²) in [7, 11) is 0. The lowest BCUT2D eigenvalue weighted by atomic mass is 10.0. The number of hydrazone groups is 1. The average Bonchev–Trinajstić information content (AvgIpc) is 2.68. The van der Waals surface area contributed by atoms with Crippen LogP contribution in [0.15, 0.2) is 90.0 Å². The van der Waals surface area contributed by atoms with E-state index in [0.717, 1.165) is 16.8 Å². The van der Waals surface area contributed by atoms with Crippen molar-refractivity contribution in [2.24, 2.45) is 5.10 Å². The van der Waals surface area contributed by atoms with Gasteiger partial charge in [0.15, 0.2) is 0 Å². The first kappa shape index (κ1) is 16.7. The van der Waals surface area contributed by atoms with E-state index in [1.165, 1.54) is 5.56 Å². The minimum absolute atomic E-state index is 0.202. The molecule has 1 amide bonds. The molecule has 0 unspecified atom stereocenters. The van der Waals surface area contributed by atoms with Crippen molar-refractivity contribution in [2.75, 3.05) is 0 Å². The molecule has 0 aliphatic carbocycles. The third-order valence-electron chi connectivity index (χ3n) is 3.91. The molecule has 0 saturated carbocycles. The van der Waals surface area contributed by atoms with Crippen molar-refractivity contribution >= 4 is 11.6 Å². The molecule has 0 radical (unpaired) electrons. The number of amides is 1. The van der Waals surface area contributed by atoms with Gasteiger partial charge >= 0.3 is 0 Å². The van der Waals surface area contributed by atoms with Crippen LogP contribution in [0.4, 0.5) is 0 Å². The van der Waals surface area contributed by atoms with Gasteiger partial charge in [-0.1, -0.05) is 72.8 Å². The number of nitrogens with one attached hydrogen (secondary N) is 1. The first-order valence-electron chi connectivity index (χ1n) is 8.25. The first-order chi connectivity index (χ1) is 12.2. The highest BCUT2D eigenvalue weighted by Gasteiger charge is 2.05. The van der Waals surface area contributed by atoms with E-state index in [1.807, 2.05) is 91.9 Å². The predicted octanol–water partition coefficient (Wildman–Crippen LogP) is 4.70. The molecule has 3 rings (SSSR count). The van der Waals surface area contributed by atoms with Crippen LogP contribution in [0.25, 0.3) is 11.1 Å². The van der Waals surface area contributed by atoms with E-state index in [4.69, 9.17) is 0 Å². The second-order valence-electron chi connectivity index (χ2n) is 5.89. The van der Waals surface area contributed by atoms with Crippen molar-refractivity contribution in [1.82, 2.24) is 5.43 Å². The molecule has 0 bridgehead atoms. The van der Waals surface area contributed by atoms with Gasteiger partial charge in [0.25, 0.3) is 5.91 Å². The van der Waals surface area contributed by atoms with Gasteiger partial charge in [-0.3, -0.25) is 4.79 Å². The molecule has 3 aromatic rings. The number of carbonyl (C=O) groups is 1. The van der Waals surface area contributed by atoms with Crippen molar-refractivity contribution in [1.29, 1.82) is 0 Å². The molecule has 0 saturated heterocycles. The smallest absolute Gasteiger partial charge is 0.267 e. The van der Waals surface area contributed by atoms with E-state index in [1.54, 1.807) is 0 Å². The van der Waals surface area contributed by atoms with Crippen LogP contribution in [0.1, 0.15) is 22.8 Å². The summed E-state index contributed by atoms with van der Waals surface area (Å²) in [6.07, 6.45) is 0.716. The van der Waals surface area contributed by atoms with Crippen molar-refractivity contribution < 1.29 is 4.79 Å². The summed E-state index contributed by atoms with van der Waals surface area (Å²) < 4.78 is 0. The molecule has 3 heteroatoms. The summed E-state index contributed by atoms with van der Waals surface area (Å²) in [6, 6.07) is 27.7. The van der Waals surface area contributed by atoms with Gasteiger partial charge in [0.1, 0.15) is 0 Å². The van der Waals surface area contributed by atoms with Crippen molar-refractivity contribution in [2.45, 2.75) is 13.3 Å². The molecule has 25 heavy (non-hydrogen) atoms. The molecule has 0 aromatic heterocycles. The Labute approximate surface area is 148 Å².